The average Bonchev–Trinajstić information content (AvgIpc) is 2.10. The fourth-order valence-corrected chi connectivity index (χ4v) is 0.721. The maximum atomic E-state index is 10.2. The minimum Gasteiger partial charge on any atom is -0.541 e. The van der Waals surface area contributed by atoms with Crippen LogP contribution in [0.4, 0.5) is 0 Å². The molecule has 4 nitrogen and oxygen atoms in total. The summed E-state index contributed by atoms with van der Waals surface area (Å²) < 4.78 is 4.70. The quantitative estimate of drug-likeness (QED) is 0.535. The van der Waals surface area contributed by atoms with Gasteiger partial charge in [-0.05, 0) is 6.92 Å². The molecule has 0 aliphatic heterocycles. The van der Waals surface area contributed by atoms with Crippen LogP contribution in [0.15, 0.2) is 4.42 Å². The van der Waals surface area contributed by atoms with Gasteiger partial charge in [0.15, 0.2) is 11.7 Å². The van der Waals surface area contributed by atoms with E-state index in [1.54, 1.807) is 13.8 Å². The predicted molar refractivity (Wildman–Crippen MR) is 30.3 cm³/mol. The second-order valence-electron chi connectivity index (χ2n) is 1.93. The largest absolute Gasteiger partial charge is 0.541 e. The van der Waals surface area contributed by atoms with Gasteiger partial charge in [0.25, 0.3) is 0 Å². The van der Waals surface area contributed by atoms with Crippen LogP contribution in [0, 0.1) is 13.8 Å². The molecule has 0 saturated heterocycles. The number of rotatable bonds is 1. The Morgan fingerprint density at radius 1 is 1.60 bits per heavy atom. The molecule has 0 fully saturated rings. The number of aryl methyl sites for hydroxylation is 2. The van der Waals surface area contributed by atoms with Crippen LogP contribution in [-0.2, 0) is 0 Å². The van der Waals surface area contributed by atoms with E-state index in [2.05, 4.69) is 4.98 Å². The molecule has 0 aliphatic rings. The highest BCUT2D eigenvalue weighted by molar-refractivity contribution is 5.83. The minimum absolute atomic E-state index is 0.183. The second-order valence-corrected chi connectivity index (χ2v) is 1.93. The normalized spacial score (nSPS) is 9.80. The lowest BCUT2D eigenvalue weighted by Gasteiger charge is -1.94. The first-order valence-electron chi connectivity index (χ1n) is 2.76. The lowest BCUT2D eigenvalue weighted by molar-refractivity contribution is -0.257. The molecule has 1 heterocycles. The molecule has 1 aromatic heterocycles. The van der Waals surface area contributed by atoms with Crippen molar-refractivity contribution in [3.63, 3.8) is 0 Å². The maximum absolute atomic E-state index is 10.2. The van der Waals surface area contributed by atoms with E-state index in [-0.39, 0.29) is 5.76 Å². The summed E-state index contributed by atoms with van der Waals surface area (Å²) in [7, 11) is 0. The van der Waals surface area contributed by atoms with Gasteiger partial charge >= 0.3 is 0 Å². The van der Waals surface area contributed by atoms with E-state index in [4.69, 9.17) is 4.42 Å². The third-order valence-electron chi connectivity index (χ3n) is 1.09. The summed E-state index contributed by atoms with van der Waals surface area (Å²) in [4.78, 5) is 13.9. The third-order valence-corrected chi connectivity index (χ3v) is 1.09. The minimum atomic E-state index is -1.32. The smallest absolute Gasteiger partial charge is 0.192 e. The Morgan fingerprint density at radius 3 is 2.40 bits per heavy atom. The molecule has 0 unspecified atom stereocenters. The number of aromatic carboxylic acids is 1. The zero-order valence-corrected chi connectivity index (χ0v) is 5.67. The van der Waals surface area contributed by atoms with Crippen LogP contribution in [0.2, 0.25) is 0 Å². The lowest BCUT2D eigenvalue weighted by Crippen LogP contribution is -2.22. The summed E-state index contributed by atoms with van der Waals surface area (Å²) >= 11 is 0. The Labute approximate surface area is 57.5 Å². The van der Waals surface area contributed by atoms with E-state index >= 15 is 0 Å². The van der Waals surface area contributed by atoms with Crippen molar-refractivity contribution >= 4 is 5.97 Å². The molecule has 0 amide bonds. The van der Waals surface area contributed by atoms with E-state index in [1.807, 2.05) is 0 Å². The van der Waals surface area contributed by atoms with E-state index < -0.39 is 5.97 Å². The molecule has 0 radical (unpaired) electrons. The van der Waals surface area contributed by atoms with Crippen molar-refractivity contribution in [3.8, 4) is 0 Å². The molecular formula is C6H6NO3-. The zero-order valence-electron chi connectivity index (χ0n) is 5.67. The molecule has 54 valence electrons. The molecule has 1 aromatic rings. The summed E-state index contributed by atoms with van der Waals surface area (Å²) in [6.07, 6.45) is 0. The fraction of sp³-hybridized carbons (Fsp3) is 0.333. The summed E-state index contributed by atoms with van der Waals surface area (Å²) in [6, 6.07) is 0. The number of carboxylic acid groups (broad SMARTS) is 1. The third kappa shape index (κ3) is 1.00. The van der Waals surface area contributed by atoms with E-state index in [9.17, 15) is 9.90 Å². The zero-order chi connectivity index (χ0) is 7.72. The maximum Gasteiger partial charge on any atom is 0.192 e. The SMILES string of the molecule is Cc1nc(C)c(C(=O)[O-])o1. The molecular weight excluding hydrogens is 134 g/mol. The molecule has 0 aliphatic carbocycles. The fourth-order valence-electron chi connectivity index (χ4n) is 0.721. The molecule has 0 aromatic carbocycles. The van der Waals surface area contributed by atoms with Crippen molar-refractivity contribution in [1.29, 1.82) is 0 Å². The number of carbonyl (C=O) groups is 1. The van der Waals surface area contributed by atoms with Gasteiger partial charge in [-0.25, -0.2) is 4.98 Å². The summed E-state index contributed by atoms with van der Waals surface area (Å²) in [5.74, 6) is -1.16. The first-order valence-corrected chi connectivity index (χ1v) is 2.76. The van der Waals surface area contributed by atoms with Gasteiger partial charge in [-0.15, -0.1) is 0 Å². The molecule has 4 heteroatoms. The molecule has 0 bridgehead atoms. The van der Waals surface area contributed by atoms with E-state index in [0.29, 0.717) is 11.6 Å². The first-order chi connectivity index (χ1) is 4.61. The number of hydrogen-bond donors (Lipinski definition) is 0. The standard InChI is InChI=1S/C6H7NO3/c1-3-5(6(8)9)10-4(2)7-3/h1-2H3,(H,8,9)/p-1. The summed E-state index contributed by atoms with van der Waals surface area (Å²) in [5, 5.41) is 10.2. The first kappa shape index (κ1) is 6.80. The Balaban J connectivity index is 3.15. The van der Waals surface area contributed by atoms with Crippen LogP contribution in [0.5, 0.6) is 0 Å². The Morgan fingerprint density at radius 2 is 2.20 bits per heavy atom. The van der Waals surface area contributed by atoms with E-state index in [0.717, 1.165) is 0 Å². The van der Waals surface area contributed by atoms with Crippen molar-refractivity contribution in [2.75, 3.05) is 0 Å². The lowest BCUT2D eigenvalue weighted by atomic mass is 10.4. The van der Waals surface area contributed by atoms with Gasteiger partial charge in [0.1, 0.15) is 5.97 Å². The Kier molecular flexibility index (Phi) is 1.45. The summed E-state index contributed by atoms with van der Waals surface area (Å²) in [6.45, 7) is 3.14. The number of aromatic nitrogens is 1. The number of carboxylic acids is 1. The van der Waals surface area contributed by atoms with Gasteiger partial charge in [-0.2, -0.15) is 0 Å². The number of hydrogen-bond acceptors (Lipinski definition) is 4. The van der Waals surface area contributed by atoms with Crippen molar-refractivity contribution < 1.29 is 14.3 Å². The molecule has 0 spiro atoms. The average molecular weight is 140 g/mol. The number of oxazole rings is 1. The molecule has 0 saturated carbocycles. The van der Waals surface area contributed by atoms with Crippen LogP contribution < -0.4 is 5.11 Å². The molecule has 0 atom stereocenters. The van der Waals surface area contributed by atoms with Crippen molar-refractivity contribution in [2.45, 2.75) is 13.8 Å². The van der Waals surface area contributed by atoms with Gasteiger partial charge in [-0.1, -0.05) is 0 Å². The molecule has 10 heavy (non-hydrogen) atoms. The van der Waals surface area contributed by atoms with Gasteiger partial charge < -0.3 is 14.3 Å². The monoisotopic (exact) mass is 140 g/mol. The Bertz CT molecular complexity index is 264. The predicted octanol–water partition coefficient (Wildman–Crippen LogP) is -0.345. The van der Waals surface area contributed by atoms with Gasteiger partial charge in [0.2, 0.25) is 0 Å². The van der Waals surface area contributed by atoms with E-state index in [1.165, 1.54) is 0 Å². The van der Waals surface area contributed by atoms with Crippen LogP contribution in [-0.4, -0.2) is 11.0 Å². The van der Waals surface area contributed by atoms with Gasteiger partial charge in [0, 0.05) is 6.92 Å². The number of carbonyl (C=O) groups excluding carboxylic acids is 1. The molecule has 0 N–H and O–H groups in total. The summed E-state index contributed by atoms with van der Waals surface area (Å²) in [5.41, 5.74) is 0.359. The topological polar surface area (TPSA) is 66.2 Å². The highest BCUT2D eigenvalue weighted by atomic mass is 16.4. The van der Waals surface area contributed by atoms with Gasteiger partial charge in [0.05, 0.1) is 5.69 Å². The second kappa shape index (κ2) is 2.13. The van der Waals surface area contributed by atoms with Crippen LogP contribution in [0.3, 0.4) is 0 Å². The highest BCUT2D eigenvalue weighted by Gasteiger charge is 2.05. The van der Waals surface area contributed by atoms with Crippen LogP contribution in [0.1, 0.15) is 22.1 Å². The van der Waals surface area contributed by atoms with Gasteiger partial charge in [-0.3, -0.25) is 0 Å². The Hall–Kier alpha value is -1.32. The van der Waals surface area contributed by atoms with Crippen molar-refractivity contribution in [2.24, 2.45) is 0 Å². The van der Waals surface area contributed by atoms with Crippen molar-refractivity contribution in [3.05, 3.63) is 17.3 Å². The van der Waals surface area contributed by atoms with Crippen LogP contribution >= 0.6 is 0 Å². The highest BCUT2D eigenvalue weighted by Crippen LogP contribution is 2.06. The molecule has 1 rings (SSSR count). The van der Waals surface area contributed by atoms with Crippen molar-refractivity contribution in [1.82, 2.24) is 4.98 Å². The number of nitrogens with zero attached hydrogens (tertiary/aromatic N) is 1. The van der Waals surface area contributed by atoms with Crippen LogP contribution in [0.25, 0.3) is 0 Å².